The van der Waals surface area contributed by atoms with E-state index < -0.39 is 0 Å². The molecule has 21 heavy (non-hydrogen) atoms. The van der Waals surface area contributed by atoms with E-state index in [0.717, 1.165) is 36.3 Å². The molecule has 2 N–H and O–H groups in total. The third-order valence-corrected chi connectivity index (χ3v) is 5.29. The van der Waals surface area contributed by atoms with Crippen LogP contribution in [-0.2, 0) is 6.42 Å². The van der Waals surface area contributed by atoms with Gasteiger partial charge in [-0.1, -0.05) is 0 Å². The smallest absolute Gasteiger partial charge is 0.195 e. The summed E-state index contributed by atoms with van der Waals surface area (Å²) in [7, 11) is 0. The molecule has 5 nitrogen and oxygen atoms in total. The summed E-state index contributed by atoms with van der Waals surface area (Å²) in [4.78, 5) is 11.1. The molecule has 4 rings (SSSR count). The van der Waals surface area contributed by atoms with Crippen LogP contribution in [0.3, 0.4) is 0 Å². The molecular weight excluding hydrogens is 282 g/mol. The van der Waals surface area contributed by atoms with Gasteiger partial charge in [-0.3, -0.25) is 9.30 Å². The highest BCUT2D eigenvalue weighted by Crippen LogP contribution is 2.30. The Kier molecular flexibility index (Phi) is 3.40. The summed E-state index contributed by atoms with van der Waals surface area (Å²) in [6.45, 7) is 6.60. The number of imidazole rings is 1. The number of nitrogens with zero attached hydrogens (tertiary/aromatic N) is 4. The normalized spacial score (nSPS) is 22.1. The Morgan fingerprint density at radius 2 is 2.10 bits per heavy atom. The summed E-state index contributed by atoms with van der Waals surface area (Å²) in [5.41, 5.74) is 7.33. The van der Waals surface area contributed by atoms with Crippen molar-refractivity contribution in [1.29, 1.82) is 0 Å². The Bertz CT molecular complexity index is 619. The van der Waals surface area contributed by atoms with E-state index in [4.69, 9.17) is 10.7 Å². The third kappa shape index (κ3) is 2.56. The second-order valence-corrected chi connectivity index (χ2v) is 7.25. The first-order valence-electron chi connectivity index (χ1n) is 7.91. The van der Waals surface area contributed by atoms with Crippen molar-refractivity contribution in [3.8, 4) is 0 Å². The van der Waals surface area contributed by atoms with E-state index in [1.807, 2.05) is 0 Å². The molecular formula is C15H23N5S. The van der Waals surface area contributed by atoms with Crippen LogP contribution in [0, 0.1) is 0 Å². The van der Waals surface area contributed by atoms with Crippen LogP contribution in [0.15, 0.2) is 11.6 Å². The highest BCUT2D eigenvalue weighted by molar-refractivity contribution is 7.15. The van der Waals surface area contributed by atoms with Crippen LogP contribution in [-0.4, -0.2) is 52.5 Å². The molecule has 0 spiro atoms. The average Bonchev–Trinajstić information content (AvgIpc) is 3.13. The Morgan fingerprint density at radius 1 is 1.33 bits per heavy atom. The topological polar surface area (TPSA) is 49.8 Å². The number of nitrogens with two attached hydrogens (primary N) is 1. The molecule has 0 bridgehead atoms. The monoisotopic (exact) mass is 305 g/mol. The lowest BCUT2D eigenvalue weighted by molar-refractivity contribution is 0.247. The van der Waals surface area contributed by atoms with Crippen LogP contribution in [0.4, 0.5) is 5.82 Å². The first kappa shape index (κ1) is 13.5. The lowest BCUT2D eigenvalue weighted by Crippen LogP contribution is -2.47. The third-order valence-electron chi connectivity index (χ3n) is 4.53. The fourth-order valence-corrected chi connectivity index (χ4v) is 4.04. The van der Waals surface area contributed by atoms with Gasteiger partial charge >= 0.3 is 0 Å². The van der Waals surface area contributed by atoms with Gasteiger partial charge in [0.05, 0.1) is 5.69 Å². The van der Waals surface area contributed by atoms with Gasteiger partial charge in [-0.25, -0.2) is 4.98 Å². The quantitative estimate of drug-likeness (QED) is 0.931. The molecule has 2 fully saturated rings. The van der Waals surface area contributed by atoms with E-state index in [0.29, 0.717) is 0 Å². The minimum Gasteiger partial charge on any atom is -0.352 e. The largest absolute Gasteiger partial charge is 0.352 e. The summed E-state index contributed by atoms with van der Waals surface area (Å²) < 4.78 is 2.22. The molecule has 1 aliphatic carbocycles. The van der Waals surface area contributed by atoms with Crippen LogP contribution in [0.2, 0.25) is 0 Å². The van der Waals surface area contributed by atoms with Crippen molar-refractivity contribution in [1.82, 2.24) is 14.3 Å². The molecule has 1 unspecified atom stereocenters. The molecule has 2 aromatic heterocycles. The van der Waals surface area contributed by atoms with E-state index in [9.17, 15) is 0 Å². The second-order valence-electron chi connectivity index (χ2n) is 6.37. The maximum atomic E-state index is 6.05. The SMILES string of the molecule is CC(N)Cc1c(N2CCN(C3CC3)CC2)nc2sccn12. The van der Waals surface area contributed by atoms with Crippen molar-refractivity contribution >= 4 is 22.1 Å². The summed E-state index contributed by atoms with van der Waals surface area (Å²) >= 11 is 1.70. The van der Waals surface area contributed by atoms with Crippen molar-refractivity contribution in [2.75, 3.05) is 31.1 Å². The summed E-state index contributed by atoms with van der Waals surface area (Å²) in [5, 5.41) is 2.10. The van der Waals surface area contributed by atoms with Crippen LogP contribution in [0.1, 0.15) is 25.5 Å². The number of rotatable bonds is 4. The number of piperazine rings is 1. The molecule has 1 atom stereocenters. The molecule has 1 aliphatic heterocycles. The van der Waals surface area contributed by atoms with Crippen molar-refractivity contribution in [2.24, 2.45) is 5.73 Å². The molecule has 1 saturated carbocycles. The van der Waals surface area contributed by atoms with Crippen LogP contribution >= 0.6 is 11.3 Å². The van der Waals surface area contributed by atoms with Gasteiger partial charge in [0, 0.05) is 56.3 Å². The maximum absolute atomic E-state index is 6.05. The zero-order chi connectivity index (χ0) is 14.4. The van der Waals surface area contributed by atoms with Crippen LogP contribution in [0.5, 0.6) is 0 Å². The molecule has 3 heterocycles. The molecule has 0 aromatic carbocycles. The van der Waals surface area contributed by atoms with Gasteiger partial charge in [0.25, 0.3) is 0 Å². The minimum atomic E-state index is 0.163. The van der Waals surface area contributed by atoms with Crippen molar-refractivity contribution in [3.05, 3.63) is 17.3 Å². The number of hydrogen-bond acceptors (Lipinski definition) is 5. The van der Waals surface area contributed by atoms with Gasteiger partial charge in [-0.05, 0) is 19.8 Å². The predicted molar refractivity (Wildman–Crippen MR) is 87.2 cm³/mol. The van der Waals surface area contributed by atoms with Crippen LogP contribution < -0.4 is 10.6 Å². The molecule has 2 aliphatic rings. The Hall–Kier alpha value is -1.11. The van der Waals surface area contributed by atoms with Crippen molar-refractivity contribution < 1.29 is 0 Å². The highest BCUT2D eigenvalue weighted by atomic mass is 32.1. The molecule has 2 aromatic rings. The first-order chi connectivity index (χ1) is 10.2. The zero-order valence-corrected chi connectivity index (χ0v) is 13.4. The standard InChI is InChI=1S/C15H23N5S/c1-11(16)10-13-14(17-15-20(13)8-9-21-15)19-6-4-18(5-7-19)12-2-3-12/h8-9,11-12H,2-7,10,16H2,1H3. The molecule has 0 amide bonds. The number of aromatic nitrogens is 2. The predicted octanol–water partition coefficient (Wildman–Crippen LogP) is 1.57. The van der Waals surface area contributed by atoms with Crippen molar-refractivity contribution in [3.63, 3.8) is 0 Å². The Labute approximate surface area is 129 Å². The van der Waals surface area contributed by atoms with Gasteiger partial charge < -0.3 is 10.6 Å². The molecule has 1 saturated heterocycles. The van der Waals surface area contributed by atoms with Gasteiger partial charge in [0.1, 0.15) is 0 Å². The van der Waals surface area contributed by atoms with E-state index in [1.54, 1.807) is 11.3 Å². The summed E-state index contributed by atoms with van der Waals surface area (Å²) in [6.07, 6.45) is 5.80. The van der Waals surface area contributed by atoms with E-state index in [-0.39, 0.29) is 6.04 Å². The van der Waals surface area contributed by atoms with Crippen LogP contribution in [0.25, 0.3) is 4.96 Å². The summed E-state index contributed by atoms with van der Waals surface area (Å²) in [5.74, 6) is 1.16. The van der Waals surface area contributed by atoms with E-state index >= 15 is 0 Å². The number of fused-ring (bicyclic) bond motifs is 1. The van der Waals surface area contributed by atoms with Gasteiger partial charge in [0.15, 0.2) is 10.8 Å². The van der Waals surface area contributed by atoms with Crippen molar-refractivity contribution in [2.45, 2.75) is 38.3 Å². The fourth-order valence-electron chi connectivity index (χ4n) is 3.31. The Morgan fingerprint density at radius 3 is 2.76 bits per heavy atom. The van der Waals surface area contributed by atoms with Gasteiger partial charge in [-0.15, -0.1) is 11.3 Å². The van der Waals surface area contributed by atoms with Gasteiger partial charge in [0.2, 0.25) is 0 Å². The zero-order valence-electron chi connectivity index (χ0n) is 12.5. The maximum Gasteiger partial charge on any atom is 0.195 e. The lowest BCUT2D eigenvalue weighted by atomic mass is 10.2. The first-order valence-corrected chi connectivity index (χ1v) is 8.79. The molecule has 0 radical (unpaired) electrons. The number of thiazole rings is 1. The van der Waals surface area contributed by atoms with E-state index in [1.165, 1.54) is 31.6 Å². The van der Waals surface area contributed by atoms with Gasteiger partial charge in [-0.2, -0.15) is 0 Å². The Balaban J connectivity index is 1.58. The lowest BCUT2D eigenvalue weighted by Gasteiger charge is -2.35. The molecule has 6 heteroatoms. The van der Waals surface area contributed by atoms with E-state index in [2.05, 4.69) is 32.7 Å². The number of hydrogen-bond donors (Lipinski definition) is 1. The summed E-state index contributed by atoms with van der Waals surface area (Å²) in [6, 6.07) is 1.04. The highest BCUT2D eigenvalue weighted by Gasteiger charge is 2.32. The second kappa shape index (κ2) is 5.26. The average molecular weight is 305 g/mol. The molecule has 114 valence electrons. The number of anilines is 1. The minimum absolute atomic E-state index is 0.163. The fraction of sp³-hybridized carbons (Fsp3) is 0.667.